The van der Waals surface area contributed by atoms with Crippen LogP contribution in [0.1, 0.15) is 24.9 Å². The highest BCUT2D eigenvalue weighted by Crippen LogP contribution is 2.26. The lowest BCUT2D eigenvalue weighted by Crippen LogP contribution is -2.42. The van der Waals surface area contributed by atoms with Gasteiger partial charge in [-0.2, -0.15) is 0 Å². The highest BCUT2D eigenvalue weighted by atomic mass is 79.9. The van der Waals surface area contributed by atoms with Crippen LogP contribution in [-0.4, -0.2) is 20.9 Å². The fourth-order valence-corrected chi connectivity index (χ4v) is 4.96. The quantitative estimate of drug-likeness (QED) is 0.491. The molecule has 5 nitrogen and oxygen atoms in total. The van der Waals surface area contributed by atoms with Gasteiger partial charge in [0.2, 0.25) is 5.91 Å². The van der Waals surface area contributed by atoms with Crippen molar-refractivity contribution < 1.29 is 13.2 Å². The fourth-order valence-electron chi connectivity index (χ4n) is 3.14. The second-order valence-corrected chi connectivity index (χ2v) is 9.52. The molecule has 3 aromatic carbocycles. The Bertz CT molecular complexity index is 1090. The highest BCUT2D eigenvalue weighted by molar-refractivity contribution is 9.10. The van der Waals surface area contributed by atoms with E-state index >= 15 is 0 Å². The van der Waals surface area contributed by atoms with E-state index in [0.29, 0.717) is 12.1 Å². The third kappa shape index (κ3) is 5.29. The lowest BCUT2D eigenvalue weighted by molar-refractivity contribution is -0.120. The number of rotatable bonds is 8. The van der Waals surface area contributed by atoms with Gasteiger partial charge in [-0.3, -0.25) is 9.10 Å². The fraction of sp³-hybridized carbons (Fsp3) is 0.174. The summed E-state index contributed by atoms with van der Waals surface area (Å²) in [5.41, 5.74) is 1.39. The first kappa shape index (κ1) is 22.1. The van der Waals surface area contributed by atoms with Crippen LogP contribution in [0, 0.1) is 0 Å². The predicted molar refractivity (Wildman–Crippen MR) is 123 cm³/mol. The first-order valence-corrected chi connectivity index (χ1v) is 11.8. The monoisotopic (exact) mass is 486 g/mol. The van der Waals surface area contributed by atoms with E-state index in [2.05, 4.69) is 21.2 Å². The zero-order chi connectivity index (χ0) is 21.6. The van der Waals surface area contributed by atoms with Crippen molar-refractivity contribution in [1.82, 2.24) is 5.32 Å². The van der Waals surface area contributed by atoms with Gasteiger partial charge >= 0.3 is 0 Å². The average molecular weight is 487 g/mol. The Balaban J connectivity index is 1.90. The molecule has 3 rings (SSSR count). The normalized spacial score (nSPS) is 12.2. The number of hydrogen-bond acceptors (Lipinski definition) is 3. The number of benzene rings is 3. The maximum atomic E-state index is 13.3. The van der Waals surface area contributed by atoms with E-state index in [1.165, 1.54) is 12.1 Å². The van der Waals surface area contributed by atoms with Crippen molar-refractivity contribution in [3.05, 3.63) is 95.0 Å². The summed E-state index contributed by atoms with van der Waals surface area (Å²) in [6.45, 7) is 1.65. The van der Waals surface area contributed by atoms with E-state index in [-0.39, 0.29) is 23.4 Å². The zero-order valence-corrected chi connectivity index (χ0v) is 18.9. The molecule has 0 aliphatic heterocycles. The number of amides is 1. The standard InChI is InChI=1S/C23H23BrN2O3S/c1-2-22(18-10-5-3-6-11-18)25-23(27)17-26(20-13-9-12-19(24)16-20)30(28,29)21-14-7-4-8-15-21/h3-16,22H,2,17H2,1H3,(H,25,27)/t22-/m1/s1. The molecule has 0 aliphatic rings. The second kappa shape index (κ2) is 9.91. The first-order valence-electron chi connectivity index (χ1n) is 9.59. The Labute approximate surface area is 185 Å². The summed E-state index contributed by atoms with van der Waals surface area (Å²) in [5.74, 6) is -0.370. The van der Waals surface area contributed by atoms with Gasteiger partial charge in [-0.15, -0.1) is 0 Å². The number of carbonyl (C=O) groups is 1. The number of hydrogen-bond donors (Lipinski definition) is 1. The van der Waals surface area contributed by atoms with Gasteiger partial charge < -0.3 is 5.32 Å². The summed E-state index contributed by atoms with van der Waals surface area (Å²) in [7, 11) is -3.92. The van der Waals surface area contributed by atoms with Gasteiger partial charge in [-0.1, -0.05) is 77.5 Å². The van der Waals surface area contributed by atoms with Crippen molar-refractivity contribution in [2.24, 2.45) is 0 Å². The molecule has 1 atom stereocenters. The van der Waals surface area contributed by atoms with Crippen LogP contribution >= 0.6 is 15.9 Å². The lowest BCUT2D eigenvalue weighted by Gasteiger charge is -2.26. The molecule has 0 spiro atoms. The summed E-state index contributed by atoms with van der Waals surface area (Å²) >= 11 is 3.38. The molecule has 0 saturated heterocycles. The molecule has 0 radical (unpaired) electrons. The van der Waals surface area contributed by atoms with Crippen molar-refractivity contribution in [2.75, 3.05) is 10.8 Å². The Morgan fingerprint density at radius 1 is 0.967 bits per heavy atom. The third-order valence-corrected chi connectivity index (χ3v) is 6.94. The topological polar surface area (TPSA) is 66.5 Å². The van der Waals surface area contributed by atoms with Crippen molar-refractivity contribution in [1.29, 1.82) is 0 Å². The van der Waals surface area contributed by atoms with Gasteiger partial charge in [0, 0.05) is 4.47 Å². The molecule has 0 fully saturated rings. The van der Waals surface area contributed by atoms with Crippen molar-refractivity contribution in [2.45, 2.75) is 24.3 Å². The van der Waals surface area contributed by atoms with Gasteiger partial charge in [-0.25, -0.2) is 8.42 Å². The molecule has 1 N–H and O–H groups in total. The maximum absolute atomic E-state index is 13.3. The number of carbonyl (C=O) groups excluding carboxylic acids is 1. The molecule has 0 heterocycles. The molecule has 0 aliphatic carbocycles. The number of nitrogens with zero attached hydrogens (tertiary/aromatic N) is 1. The molecule has 7 heteroatoms. The average Bonchev–Trinajstić information content (AvgIpc) is 2.77. The molecular weight excluding hydrogens is 464 g/mol. The van der Waals surface area contributed by atoms with Crippen molar-refractivity contribution in [3.63, 3.8) is 0 Å². The Kier molecular flexibility index (Phi) is 7.29. The SMILES string of the molecule is CC[C@@H](NC(=O)CN(c1cccc(Br)c1)S(=O)(=O)c1ccccc1)c1ccccc1. The smallest absolute Gasteiger partial charge is 0.264 e. The van der Waals surface area contributed by atoms with E-state index in [1.807, 2.05) is 37.3 Å². The molecule has 0 unspecified atom stereocenters. The summed E-state index contributed by atoms with van der Waals surface area (Å²) in [6, 6.07) is 24.5. The number of anilines is 1. The molecule has 0 bridgehead atoms. The first-order chi connectivity index (χ1) is 14.4. The van der Waals surface area contributed by atoms with Crippen LogP contribution < -0.4 is 9.62 Å². The molecule has 0 saturated carbocycles. The minimum Gasteiger partial charge on any atom is -0.348 e. The molecule has 156 valence electrons. The van der Waals surface area contributed by atoms with E-state index < -0.39 is 10.0 Å². The Morgan fingerprint density at radius 3 is 2.20 bits per heavy atom. The van der Waals surface area contributed by atoms with Crippen molar-refractivity contribution >= 4 is 37.5 Å². The van der Waals surface area contributed by atoms with Crippen LogP contribution in [0.4, 0.5) is 5.69 Å². The molecule has 0 aromatic heterocycles. The van der Waals surface area contributed by atoms with E-state index in [4.69, 9.17) is 0 Å². The van der Waals surface area contributed by atoms with Crippen LogP contribution in [0.25, 0.3) is 0 Å². The van der Waals surface area contributed by atoms with Crippen LogP contribution in [0.5, 0.6) is 0 Å². The number of nitrogens with one attached hydrogen (secondary N) is 1. The summed E-state index contributed by atoms with van der Waals surface area (Å²) in [6.07, 6.45) is 0.693. The highest BCUT2D eigenvalue weighted by Gasteiger charge is 2.28. The van der Waals surface area contributed by atoms with Gasteiger partial charge in [-0.05, 0) is 42.3 Å². The van der Waals surface area contributed by atoms with Gasteiger partial charge in [0.1, 0.15) is 6.54 Å². The van der Waals surface area contributed by atoms with Crippen LogP contribution in [-0.2, 0) is 14.8 Å². The van der Waals surface area contributed by atoms with Gasteiger partial charge in [0.15, 0.2) is 0 Å². The van der Waals surface area contributed by atoms with E-state index in [1.54, 1.807) is 42.5 Å². The number of sulfonamides is 1. The summed E-state index contributed by atoms with van der Waals surface area (Å²) < 4.78 is 28.5. The van der Waals surface area contributed by atoms with Crippen LogP contribution in [0.3, 0.4) is 0 Å². The molecule has 30 heavy (non-hydrogen) atoms. The van der Waals surface area contributed by atoms with Crippen molar-refractivity contribution in [3.8, 4) is 0 Å². The maximum Gasteiger partial charge on any atom is 0.264 e. The molecule has 1 amide bonds. The van der Waals surface area contributed by atoms with Gasteiger partial charge in [0.25, 0.3) is 10.0 Å². The number of halogens is 1. The van der Waals surface area contributed by atoms with E-state index in [0.717, 1.165) is 14.3 Å². The second-order valence-electron chi connectivity index (χ2n) is 6.74. The summed E-state index contributed by atoms with van der Waals surface area (Å²) in [4.78, 5) is 13.0. The Morgan fingerprint density at radius 2 is 1.60 bits per heavy atom. The molecule has 3 aromatic rings. The molecular formula is C23H23BrN2O3S. The largest absolute Gasteiger partial charge is 0.348 e. The summed E-state index contributed by atoms with van der Waals surface area (Å²) in [5, 5.41) is 2.96. The Hall–Kier alpha value is -2.64. The zero-order valence-electron chi connectivity index (χ0n) is 16.5. The van der Waals surface area contributed by atoms with Crippen LogP contribution in [0.15, 0.2) is 94.3 Å². The minimum atomic E-state index is -3.92. The van der Waals surface area contributed by atoms with Gasteiger partial charge in [0.05, 0.1) is 16.6 Å². The third-order valence-electron chi connectivity index (χ3n) is 4.66. The van der Waals surface area contributed by atoms with Crippen LogP contribution in [0.2, 0.25) is 0 Å². The van der Waals surface area contributed by atoms with E-state index in [9.17, 15) is 13.2 Å². The lowest BCUT2D eigenvalue weighted by atomic mass is 10.0. The minimum absolute atomic E-state index is 0.132. The predicted octanol–water partition coefficient (Wildman–Crippen LogP) is 4.91.